The zero-order chi connectivity index (χ0) is 7.61. The Morgan fingerprint density at radius 2 is 1.73 bits per heavy atom. The number of sulfone groups is 1. The van der Waals surface area contributed by atoms with Gasteiger partial charge in [0.2, 0.25) is 0 Å². The maximum Gasteiger partial charge on any atom is 1.00 e. The molecule has 0 spiro atoms. The normalized spacial score (nSPS) is 20.8. The molecule has 0 aromatic rings. The van der Waals surface area contributed by atoms with E-state index in [2.05, 4.69) is 6.42 Å². The van der Waals surface area contributed by atoms with Gasteiger partial charge in [-0.15, -0.1) is 0 Å². The van der Waals surface area contributed by atoms with Crippen LogP contribution in [-0.4, -0.2) is 19.9 Å². The van der Waals surface area contributed by atoms with Crippen LogP contribution in [-0.2, 0) is 9.84 Å². The second-order valence-electron chi connectivity index (χ2n) is 2.89. The van der Waals surface area contributed by atoms with E-state index in [4.69, 9.17) is 0 Å². The van der Waals surface area contributed by atoms with Gasteiger partial charge in [0.05, 0.1) is 5.25 Å². The van der Waals surface area contributed by atoms with Crippen molar-refractivity contribution in [3.63, 3.8) is 0 Å². The minimum absolute atomic E-state index is 0. The molecule has 0 bridgehead atoms. The van der Waals surface area contributed by atoms with Crippen molar-refractivity contribution in [1.29, 1.82) is 0 Å². The first-order chi connectivity index (χ1) is 4.61. The van der Waals surface area contributed by atoms with E-state index in [0.29, 0.717) is 0 Å². The summed E-state index contributed by atoms with van der Waals surface area (Å²) < 4.78 is 21.9. The molecular formula is C7H13CsO2S. The van der Waals surface area contributed by atoms with E-state index < -0.39 is 9.84 Å². The average molecular weight is 294 g/mol. The van der Waals surface area contributed by atoms with E-state index in [1.54, 1.807) is 0 Å². The fourth-order valence-corrected chi connectivity index (χ4v) is 2.45. The van der Waals surface area contributed by atoms with Gasteiger partial charge in [-0.25, -0.2) is 8.42 Å². The zero-order valence-corrected chi connectivity index (χ0v) is 14.3. The zero-order valence-electron chi connectivity index (χ0n) is 7.21. The van der Waals surface area contributed by atoms with Crippen LogP contribution >= 0.6 is 0 Å². The summed E-state index contributed by atoms with van der Waals surface area (Å²) in [5, 5.41) is -0.0579. The molecule has 0 amide bonds. The van der Waals surface area contributed by atoms with Crippen LogP contribution < -0.4 is 68.9 Å². The van der Waals surface area contributed by atoms with Crippen LogP contribution in [0.2, 0.25) is 0 Å². The largest absolute Gasteiger partial charge is 1.00 e. The van der Waals surface area contributed by atoms with Crippen molar-refractivity contribution in [2.45, 2.75) is 30.9 Å². The Balaban J connectivity index is 0.000001000. The smallest absolute Gasteiger partial charge is 0.328 e. The molecule has 1 aliphatic rings. The molecule has 1 fully saturated rings. The Bertz CT molecular complexity index is 192. The maximum absolute atomic E-state index is 11.0. The Morgan fingerprint density at radius 1 is 1.27 bits per heavy atom. The molecule has 0 aromatic heterocycles. The van der Waals surface area contributed by atoms with E-state index in [0.717, 1.165) is 25.7 Å². The predicted molar refractivity (Wildman–Crippen MR) is 41.4 cm³/mol. The predicted octanol–water partition coefficient (Wildman–Crippen LogP) is -1.82. The van der Waals surface area contributed by atoms with Crippen molar-refractivity contribution in [3.05, 3.63) is 6.42 Å². The standard InChI is InChI=1S/C7H13O2S.Cs/c1-10(8,9)7-5-3-2-4-6-7;/h2,7H,3-6H2,1H3;/q-1;+1. The molecular weight excluding hydrogens is 281 g/mol. The summed E-state index contributed by atoms with van der Waals surface area (Å²) in [6.45, 7) is 0. The summed E-state index contributed by atoms with van der Waals surface area (Å²) in [7, 11) is -2.75. The Hall–Kier alpha value is 2.00. The van der Waals surface area contributed by atoms with E-state index in [1.165, 1.54) is 6.26 Å². The average Bonchev–Trinajstić information content (AvgIpc) is 1.88. The molecule has 0 aromatic carbocycles. The van der Waals surface area contributed by atoms with Gasteiger partial charge < -0.3 is 6.42 Å². The summed E-state index contributed by atoms with van der Waals surface area (Å²) in [5.74, 6) is 0. The molecule has 1 aliphatic carbocycles. The molecule has 0 N–H and O–H groups in total. The molecule has 11 heavy (non-hydrogen) atoms. The SMILES string of the molecule is CS(=O)(=O)C1CC[CH-]CC1.[Cs+]. The van der Waals surface area contributed by atoms with E-state index in [1.807, 2.05) is 0 Å². The van der Waals surface area contributed by atoms with Crippen molar-refractivity contribution in [2.24, 2.45) is 0 Å². The van der Waals surface area contributed by atoms with E-state index in [9.17, 15) is 8.42 Å². The van der Waals surface area contributed by atoms with Crippen LogP contribution in [0.25, 0.3) is 0 Å². The fourth-order valence-electron chi connectivity index (χ4n) is 1.32. The second kappa shape index (κ2) is 5.67. The van der Waals surface area contributed by atoms with Gasteiger partial charge in [0.25, 0.3) is 0 Å². The molecule has 60 valence electrons. The third kappa shape index (κ3) is 4.69. The third-order valence-electron chi connectivity index (χ3n) is 1.99. The van der Waals surface area contributed by atoms with Crippen LogP contribution in [0.5, 0.6) is 0 Å². The number of hydrogen-bond acceptors (Lipinski definition) is 2. The fraction of sp³-hybridized carbons (Fsp3) is 0.857. The van der Waals surface area contributed by atoms with Crippen LogP contribution in [0.15, 0.2) is 0 Å². The molecule has 4 heteroatoms. The van der Waals surface area contributed by atoms with Crippen LogP contribution in [0.3, 0.4) is 0 Å². The van der Waals surface area contributed by atoms with Gasteiger partial charge in [0, 0.05) is 6.26 Å². The second-order valence-corrected chi connectivity index (χ2v) is 5.22. The van der Waals surface area contributed by atoms with Gasteiger partial charge in [-0.3, -0.25) is 0 Å². The summed E-state index contributed by atoms with van der Waals surface area (Å²) in [6.07, 6.45) is 7.11. The molecule has 0 atom stereocenters. The molecule has 1 rings (SSSR count). The van der Waals surface area contributed by atoms with Gasteiger partial charge in [-0.2, -0.15) is 12.8 Å². The van der Waals surface area contributed by atoms with Crippen molar-refractivity contribution >= 4 is 9.84 Å². The van der Waals surface area contributed by atoms with Crippen LogP contribution in [0, 0.1) is 6.42 Å². The Morgan fingerprint density at radius 3 is 2.00 bits per heavy atom. The first-order valence-electron chi connectivity index (χ1n) is 3.61. The molecule has 1 saturated carbocycles. The van der Waals surface area contributed by atoms with Gasteiger partial charge in [-0.05, 0) is 0 Å². The molecule has 0 radical (unpaired) electrons. The van der Waals surface area contributed by atoms with Gasteiger partial charge in [0.15, 0.2) is 0 Å². The summed E-state index contributed by atoms with van der Waals surface area (Å²) in [6, 6.07) is 0. The van der Waals surface area contributed by atoms with E-state index in [-0.39, 0.29) is 74.1 Å². The molecule has 0 unspecified atom stereocenters. The molecule has 0 saturated heterocycles. The summed E-state index contributed by atoms with van der Waals surface area (Å²) >= 11 is 0. The Kier molecular flexibility index (Phi) is 6.71. The maximum atomic E-state index is 11.0. The van der Waals surface area contributed by atoms with Crippen molar-refractivity contribution < 1.29 is 77.3 Å². The van der Waals surface area contributed by atoms with Crippen molar-refractivity contribution in [1.82, 2.24) is 0 Å². The quantitative estimate of drug-likeness (QED) is 0.534. The first kappa shape index (κ1) is 13.0. The summed E-state index contributed by atoms with van der Waals surface area (Å²) in [4.78, 5) is 0. The van der Waals surface area contributed by atoms with Crippen LogP contribution in [0.1, 0.15) is 25.7 Å². The van der Waals surface area contributed by atoms with E-state index >= 15 is 0 Å². The van der Waals surface area contributed by atoms with Crippen molar-refractivity contribution in [2.75, 3.05) is 6.26 Å². The van der Waals surface area contributed by atoms with Crippen LogP contribution in [0.4, 0.5) is 0 Å². The summed E-state index contributed by atoms with van der Waals surface area (Å²) in [5.41, 5.74) is 0. The minimum atomic E-state index is -2.75. The van der Waals surface area contributed by atoms with Crippen molar-refractivity contribution in [3.8, 4) is 0 Å². The third-order valence-corrected chi connectivity index (χ3v) is 3.67. The molecule has 0 heterocycles. The van der Waals surface area contributed by atoms with Gasteiger partial charge >= 0.3 is 68.9 Å². The first-order valence-corrected chi connectivity index (χ1v) is 5.56. The minimum Gasteiger partial charge on any atom is -0.328 e. The number of rotatable bonds is 1. The monoisotopic (exact) mass is 294 g/mol. The van der Waals surface area contributed by atoms with Gasteiger partial charge in [0.1, 0.15) is 9.84 Å². The Labute approximate surface area is 128 Å². The molecule has 2 nitrogen and oxygen atoms in total. The number of hydrogen-bond donors (Lipinski definition) is 0. The topological polar surface area (TPSA) is 34.1 Å². The van der Waals surface area contributed by atoms with Gasteiger partial charge in [-0.1, -0.05) is 12.8 Å². The molecule has 0 aliphatic heterocycles.